The Kier molecular flexibility index (Phi) is 8.13. The van der Waals surface area contributed by atoms with Crippen LogP contribution in [0.1, 0.15) is 73.1 Å². The highest BCUT2D eigenvalue weighted by Gasteiger charge is 2.35. The maximum Gasteiger partial charge on any atom is 0.0251 e. The zero-order valence-electron chi connectivity index (χ0n) is 14.8. The van der Waals surface area contributed by atoms with Gasteiger partial charge in [0, 0.05) is 18.1 Å². The molecule has 0 aliphatic heterocycles. The number of rotatable bonds is 8. The first-order valence-electron chi connectivity index (χ1n) is 9.00. The third-order valence-electron chi connectivity index (χ3n) is 5.50. The van der Waals surface area contributed by atoms with Crippen molar-refractivity contribution in [3.05, 3.63) is 0 Å². The lowest BCUT2D eigenvalue weighted by molar-refractivity contribution is 0.0682. The van der Waals surface area contributed by atoms with Gasteiger partial charge >= 0.3 is 0 Å². The maximum atomic E-state index is 3.82. The first-order chi connectivity index (χ1) is 9.54. The van der Waals surface area contributed by atoms with Gasteiger partial charge in [0.15, 0.2) is 0 Å². The van der Waals surface area contributed by atoms with Crippen molar-refractivity contribution in [3.63, 3.8) is 0 Å². The molecule has 120 valence electrons. The van der Waals surface area contributed by atoms with E-state index >= 15 is 0 Å². The van der Waals surface area contributed by atoms with E-state index in [0.29, 0.717) is 6.04 Å². The van der Waals surface area contributed by atoms with Gasteiger partial charge in [0.05, 0.1) is 0 Å². The third-order valence-corrected chi connectivity index (χ3v) is 5.50. The van der Waals surface area contributed by atoms with Crippen molar-refractivity contribution < 1.29 is 0 Å². The second kappa shape index (κ2) is 9.04. The van der Waals surface area contributed by atoms with Crippen LogP contribution in [0, 0.1) is 11.8 Å². The Morgan fingerprint density at radius 2 is 1.75 bits per heavy atom. The van der Waals surface area contributed by atoms with E-state index < -0.39 is 0 Å². The second-order valence-corrected chi connectivity index (χ2v) is 7.08. The zero-order chi connectivity index (χ0) is 15.1. The van der Waals surface area contributed by atoms with E-state index in [4.69, 9.17) is 0 Å². The zero-order valence-corrected chi connectivity index (χ0v) is 14.8. The summed E-state index contributed by atoms with van der Waals surface area (Å²) in [5, 5.41) is 3.82. The van der Waals surface area contributed by atoms with Crippen LogP contribution in [0.4, 0.5) is 0 Å². The van der Waals surface area contributed by atoms with Crippen LogP contribution in [-0.2, 0) is 0 Å². The molecular weight excluding hydrogens is 244 g/mol. The SMILES string of the molecule is CCCNC1CCC(C(C)C)CC1N(C)C(CC)CC. The van der Waals surface area contributed by atoms with Crippen LogP contribution in [0.2, 0.25) is 0 Å². The van der Waals surface area contributed by atoms with Gasteiger partial charge in [-0.15, -0.1) is 0 Å². The molecule has 0 aromatic heterocycles. The monoisotopic (exact) mass is 282 g/mol. The molecule has 1 N–H and O–H groups in total. The summed E-state index contributed by atoms with van der Waals surface area (Å²) in [6.45, 7) is 12.9. The summed E-state index contributed by atoms with van der Waals surface area (Å²) in [6.07, 6.45) is 7.94. The van der Waals surface area contributed by atoms with Gasteiger partial charge in [-0.05, 0) is 64.0 Å². The third kappa shape index (κ3) is 4.73. The lowest BCUT2D eigenvalue weighted by Crippen LogP contribution is -2.55. The summed E-state index contributed by atoms with van der Waals surface area (Å²) in [4.78, 5) is 2.70. The van der Waals surface area contributed by atoms with Crippen molar-refractivity contribution >= 4 is 0 Å². The van der Waals surface area contributed by atoms with Crippen molar-refractivity contribution in [2.24, 2.45) is 11.8 Å². The average Bonchev–Trinajstić information content (AvgIpc) is 2.45. The Bertz CT molecular complexity index is 248. The molecule has 0 heterocycles. The lowest BCUT2D eigenvalue weighted by atomic mass is 9.76. The molecule has 1 rings (SSSR count). The van der Waals surface area contributed by atoms with Crippen LogP contribution in [0.15, 0.2) is 0 Å². The molecule has 0 spiro atoms. The smallest absolute Gasteiger partial charge is 0.0251 e. The fraction of sp³-hybridized carbons (Fsp3) is 1.00. The van der Waals surface area contributed by atoms with Gasteiger partial charge in [-0.1, -0.05) is 34.6 Å². The number of nitrogens with one attached hydrogen (secondary N) is 1. The first-order valence-corrected chi connectivity index (χ1v) is 9.00. The number of hydrogen-bond acceptors (Lipinski definition) is 2. The summed E-state index contributed by atoms with van der Waals surface area (Å²) in [6, 6.07) is 2.18. The number of nitrogens with zero attached hydrogens (tertiary/aromatic N) is 1. The quantitative estimate of drug-likeness (QED) is 0.714. The fourth-order valence-corrected chi connectivity index (χ4v) is 3.94. The van der Waals surface area contributed by atoms with Gasteiger partial charge in [-0.3, -0.25) is 4.90 Å². The predicted molar refractivity (Wildman–Crippen MR) is 90.2 cm³/mol. The van der Waals surface area contributed by atoms with E-state index in [9.17, 15) is 0 Å². The summed E-state index contributed by atoms with van der Waals surface area (Å²) < 4.78 is 0. The van der Waals surface area contributed by atoms with Crippen molar-refractivity contribution in [2.45, 2.75) is 91.3 Å². The number of hydrogen-bond donors (Lipinski definition) is 1. The van der Waals surface area contributed by atoms with Gasteiger partial charge in [-0.2, -0.15) is 0 Å². The molecule has 3 unspecified atom stereocenters. The lowest BCUT2D eigenvalue weighted by Gasteiger charge is -2.45. The Hall–Kier alpha value is -0.0800. The summed E-state index contributed by atoms with van der Waals surface area (Å²) in [5.41, 5.74) is 0. The van der Waals surface area contributed by atoms with Crippen molar-refractivity contribution in [1.82, 2.24) is 10.2 Å². The molecule has 0 aromatic carbocycles. The van der Waals surface area contributed by atoms with Crippen LogP contribution < -0.4 is 5.32 Å². The molecular formula is C18H38N2. The topological polar surface area (TPSA) is 15.3 Å². The highest BCUT2D eigenvalue weighted by molar-refractivity contribution is 4.92. The molecule has 1 aliphatic rings. The molecule has 0 radical (unpaired) electrons. The first kappa shape index (κ1) is 18.0. The molecule has 0 saturated heterocycles. The minimum atomic E-state index is 0.704. The maximum absolute atomic E-state index is 3.82. The summed E-state index contributed by atoms with van der Waals surface area (Å²) in [7, 11) is 2.37. The molecule has 1 saturated carbocycles. The van der Waals surface area contributed by atoms with Gasteiger partial charge in [0.25, 0.3) is 0 Å². The van der Waals surface area contributed by atoms with E-state index in [1.807, 2.05) is 0 Å². The van der Waals surface area contributed by atoms with E-state index in [1.54, 1.807) is 0 Å². The number of likely N-dealkylation sites (N-methyl/N-ethyl adjacent to an activating group) is 1. The molecule has 1 fully saturated rings. The minimum absolute atomic E-state index is 0.704. The minimum Gasteiger partial charge on any atom is -0.312 e. The molecule has 2 heteroatoms. The molecule has 20 heavy (non-hydrogen) atoms. The van der Waals surface area contributed by atoms with E-state index in [-0.39, 0.29) is 0 Å². The van der Waals surface area contributed by atoms with Crippen LogP contribution >= 0.6 is 0 Å². The van der Waals surface area contributed by atoms with Crippen molar-refractivity contribution in [2.75, 3.05) is 13.6 Å². The summed E-state index contributed by atoms with van der Waals surface area (Å²) >= 11 is 0. The fourth-order valence-electron chi connectivity index (χ4n) is 3.94. The van der Waals surface area contributed by atoms with Crippen LogP contribution in [0.25, 0.3) is 0 Å². The van der Waals surface area contributed by atoms with Crippen molar-refractivity contribution in [3.8, 4) is 0 Å². The highest BCUT2D eigenvalue weighted by Crippen LogP contribution is 2.33. The summed E-state index contributed by atoms with van der Waals surface area (Å²) in [5.74, 6) is 1.75. The Morgan fingerprint density at radius 3 is 2.25 bits per heavy atom. The molecule has 3 atom stereocenters. The Labute approximate surface area is 127 Å². The molecule has 0 aromatic rings. The highest BCUT2D eigenvalue weighted by atomic mass is 15.2. The molecule has 1 aliphatic carbocycles. The van der Waals surface area contributed by atoms with Gasteiger partial charge < -0.3 is 5.32 Å². The average molecular weight is 283 g/mol. The van der Waals surface area contributed by atoms with Crippen LogP contribution in [0.3, 0.4) is 0 Å². The normalized spacial score (nSPS) is 27.8. The van der Waals surface area contributed by atoms with Gasteiger partial charge in [-0.25, -0.2) is 0 Å². The largest absolute Gasteiger partial charge is 0.312 e. The van der Waals surface area contributed by atoms with Gasteiger partial charge in [0.1, 0.15) is 0 Å². The Morgan fingerprint density at radius 1 is 1.10 bits per heavy atom. The molecule has 2 nitrogen and oxygen atoms in total. The van der Waals surface area contributed by atoms with E-state index in [1.165, 1.54) is 45.1 Å². The molecule has 0 amide bonds. The predicted octanol–water partition coefficient (Wildman–Crippen LogP) is 4.30. The standard InChI is InChI=1S/C18H38N2/c1-7-12-19-17-11-10-15(14(4)5)13-18(17)20(6)16(8-2)9-3/h14-19H,7-13H2,1-6H3. The van der Waals surface area contributed by atoms with Crippen molar-refractivity contribution in [1.29, 1.82) is 0 Å². The van der Waals surface area contributed by atoms with E-state index in [0.717, 1.165) is 23.9 Å². The van der Waals surface area contributed by atoms with E-state index in [2.05, 4.69) is 51.9 Å². The van der Waals surface area contributed by atoms with Crippen LogP contribution in [0.5, 0.6) is 0 Å². The molecule has 0 bridgehead atoms. The second-order valence-electron chi connectivity index (χ2n) is 7.08. The van der Waals surface area contributed by atoms with Crippen LogP contribution in [-0.4, -0.2) is 36.6 Å². The Balaban J connectivity index is 2.74. The van der Waals surface area contributed by atoms with Gasteiger partial charge in [0.2, 0.25) is 0 Å².